The van der Waals surface area contributed by atoms with Crippen LogP contribution in [0.4, 0.5) is 10.1 Å². The van der Waals surface area contributed by atoms with Gasteiger partial charge in [-0.15, -0.1) is 0 Å². The monoisotopic (exact) mass is 269 g/mol. The SMILES string of the molecule is Cc1cccc2nc(C(=O)Nc3ccc(F)cc3)cn12. The lowest BCUT2D eigenvalue weighted by Crippen LogP contribution is -2.12. The van der Waals surface area contributed by atoms with Gasteiger partial charge in [0.2, 0.25) is 0 Å². The Hall–Kier alpha value is -2.69. The second kappa shape index (κ2) is 4.77. The van der Waals surface area contributed by atoms with Crippen molar-refractivity contribution in [2.45, 2.75) is 6.92 Å². The minimum absolute atomic E-state index is 0.320. The third-order valence-electron chi connectivity index (χ3n) is 3.03. The molecule has 0 unspecified atom stereocenters. The molecule has 0 radical (unpaired) electrons. The molecule has 4 nitrogen and oxygen atoms in total. The van der Waals surface area contributed by atoms with Crippen LogP contribution in [-0.4, -0.2) is 15.3 Å². The van der Waals surface area contributed by atoms with Crippen molar-refractivity contribution in [1.29, 1.82) is 0 Å². The molecule has 0 saturated heterocycles. The quantitative estimate of drug-likeness (QED) is 0.777. The summed E-state index contributed by atoms with van der Waals surface area (Å²) in [6.45, 7) is 1.94. The zero-order valence-electron chi connectivity index (χ0n) is 10.8. The van der Waals surface area contributed by atoms with Crippen molar-refractivity contribution in [3.63, 3.8) is 0 Å². The van der Waals surface area contributed by atoms with E-state index in [1.807, 2.05) is 29.5 Å². The van der Waals surface area contributed by atoms with E-state index in [1.165, 1.54) is 24.3 Å². The summed E-state index contributed by atoms with van der Waals surface area (Å²) in [5.74, 6) is -0.661. The van der Waals surface area contributed by atoms with E-state index in [1.54, 1.807) is 6.20 Å². The number of carbonyl (C=O) groups is 1. The zero-order chi connectivity index (χ0) is 14.1. The molecular weight excluding hydrogens is 257 g/mol. The molecule has 20 heavy (non-hydrogen) atoms. The average molecular weight is 269 g/mol. The van der Waals surface area contributed by atoms with E-state index in [-0.39, 0.29) is 11.7 Å². The van der Waals surface area contributed by atoms with Crippen LogP contribution >= 0.6 is 0 Å². The van der Waals surface area contributed by atoms with Crippen molar-refractivity contribution in [2.24, 2.45) is 0 Å². The van der Waals surface area contributed by atoms with Crippen LogP contribution in [0.1, 0.15) is 16.2 Å². The second-order valence-corrected chi connectivity index (χ2v) is 4.48. The Labute approximate surface area is 114 Å². The number of carbonyl (C=O) groups excluding carboxylic acids is 1. The van der Waals surface area contributed by atoms with Gasteiger partial charge in [-0.3, -0.25) is 4.79 Å². The molecule has 3 aromatic rings. The first kappa shape index (κ1) is 12.3. The summed E-state index contributed by atoms with van der Waals surface area (Å²) in [5.41, 5.74) is 2.57. The number of nitrogens with one attached hydrogen (secondary N) is 1. The van der Waals surface area contributed by atoms with Gasteiger partial charge >= 0.3 is 0 Å². The molecule has 2 aromatic heterocycles. The predicted octanol–water partition coefficient (Wildman–Crippen LogP) is 3.03. The molecule has 0 aliphatic rings. The highest BCUT2D eigenvalue weighted by Gasteiger charge is 2.11. The van der Waals surface area contributed by atoms with Gasteiger partial charge in [-0.1, -0.05) is 6.07 Å². The van der Waals surface area contributed by atoms with E-state index >= 15 is 0 Å². The maximum atomic E-state index is 12.8. The van der Waals surface area contributed by atoms with Gasteiger partial charge < -0.3 is 9.72 Å². The second-order valence-electron chi connectivity index (χ2n) is 4.48. The van der Waals surface area contributed by atoms with Gasteiger partial charge in [0, 0.05) is 17.6 Å². The van der Waals surface area contributed by atoms with E-state index in [2.05, 4.69) is 10.3 Å². The summed E-state index contributed by atoms with van der Waals surface area (Å²) < 4.78 is 14.6. The third kappa shape index (κ3) is 2.25. The Kier molecular flexibility index (Phi) is 2.95. The highest BCUT2D eigenvalue weighted by Crippen LogP contribution is 2.12. The van der Waals surface area contributed by atoms with Gasteiger partial charge in [-0.25, -0.2) is 9.37 Å². The van der Waals surface area contributed by atoms with Crippen LogP contribution in [0.25, 0.3) is 5.65 Å². The first-order valence-electron chi connectivity index (χ1n) is 6.15. The molecular formula is C15H12FN3O. The number of pyridine rings is 1. The molecule has 0 aliphatic carbocycles. The molecule has 1 aromatic carbocycles. The topological polar surface area (TPSA) is 46.4 Å². The lowest BCUT2D eigenvalue weighted by molar-refractivity contribution is 0.102. The molecule has 100 valence electrons. The van der Waals surface area contributed by atoms with E-state index in [0.717, 1.165) is 5.69 Å². The zero-order valence-corrected chi connectivity index (χ0v) is 10.8. The summed E-state index contributed by atoms with van der Waals surface area (Å²) in [6.07, 6.45) is 1.68. The number of fused-ring (bicyclic) bond motifs is 1. The number of benzene rings is 1. The van der Waals surface area contributed by atoms with Crippen molar-refractivity contribution in [2.75, 3.05) is 5.32 Å². The van der Waals surface area contributed by atoms with Gasteiger partial charge in [0.15, 0.2) is 0 Å². The van der Waals surface area contributed by atoms with Crippen LogP contribution in [0.2, 0.25) is 0 Å². The number of amides is 1. The predicted molar refractivity (Wildman–Crippen MR) is 74.3 cm³/mol. The van der Waals surface area contributed by atoms with E-state index in [4.69, 9.17) is 0 Å². The minimum atomic E-state index is -0.341. The van der Waals surface area contributed by atoms with E-state index < -0.39 is 0 Å². The Morgan fingerprint density at radius 2 is 1.95 bits per heavy atom. The minimum Gasteiger partial charge on any atom is -0.321 e. The number of anilines is 1. The number of halogens is 1. The molecule has 5 heteroatoms. The average Bonchev–Trinajstić information content (AvgIpc) is 2.87. The van der Waals surface area contributed by atoms with Gasteiger partial charge in [-0.2, -0.15) is 0 Å². The Morgan fingerprint density at radius 1 is 1.20 bits per heavy atom. The molecule has 0 atom stereocenters. The smallest absolute Gasteiger partial charge is 0.275 e. The Bertz CT molecular complexity index is 777. The summed E-state index contributed by atoms with van der Waals surface area (Å²) in [6, 6.07) is 11.3. The van der Waals surface area contributed by atoms with Crippen molar-refractivity contribution in [3.05, 3.63) is 65.9 Å². The number of imidazole rings is 1. The number of aryl methyl sites for hydroxylation is 1. The maximum absolute atomic E-state index is 12.8. The van der Waals surface area contributed by atoms with Crippen LogP contribution < -0.4 is 5.32 Å². The molecule has 0 saturated carbocycles. The van der Waals surface area contributed by atoms with Crippen molar-refractivity contribution in [1.82, 2.24) is 9.38 Å². The van der Waals surface area contributed by atoms with Crippen LogP contribution in [-0.2, 0) is 0 Å². The highest BCUT2D eigenvalue weighted by molar-refractivity contribution is 6.03. The van der Waals surface area contributed by atoms with Crippen LogP contribution in [0.15, 0.2) is 48.7 Å². The molecule has 0 aliphatic heterocycles. The molecule has 3 rings (SSSR count). The van der Waals surface area contributed by atoms with Crippen molar-refractivity contribution >= 4 is 17.2 Å². The van der Waals surface area contributed by atoms with E-state index in [0.29, 0.717) is 17.0 Å². The van der Waals surface area contributed by atoms with Crippen molar-refractivity contribution in [3.8, 4) is 0 Å². The van der Waals surface area contributed by atoms with Crippen molar-refractivity contribution < 1.29 is 9.18 Å². The summed E-state index contributed by atoms with van der Waals surface area (Å²) in [7, 11) is 0. The van der Waals surface area contributed by atoms with Gasteiger partial charge in [-0.05, 0) is 43.3 Å². The number of hydrogen-bond donors (Lipinski definition) is 1. The Balaban J connectivity index is 1.89. The third-order valence-corrected chi connectivity index (χ3v) is 3.03. The molecule has 1 amide bonds. The molecule has 0 bridgehead atoms. The summed E-state index contributed by atoms with van der Waals surface area (Å²) in [4.78, 5) is 16.4. The summed E-state index contributed by atoms with van der Waals surface area (Å²) >= 11 is 0. The molecule has 2 heterocycles. The first-order valence-corrected chi connectivity index (χ1v) is 6.15. The van der Waals surface area contributed by atoms with Gasteiger partial charge in [0.25, 0.3) is 5.91 Å². The van der Waals surface area contributed by atoms with Crippen LogP contribution in [0, 0.1) is 12.7 Å². The maximum Gasteiger partial charge on any atom is 0.275 e. The van der Waals surface area contributed by atoms with Crippen LogP contribution in [0.5, 0.6) is 0 Å². The standard InChI is InChI=1S/C15H12FN3O/c1-10-3-2-4-14-18-13(9-19(10)14)15(20)17-12-7-5-11(16)6-8-12/h2-9H,1H3,(H,17,20). The van der Waals surface area contributed by atoms with E-state index in [9.17, 15) is 9.18 Å². The van der Waals surface area contributed by atoms with Gasteiger partial charge in [0.1, 0.15) is 17.2 Å². The molecule has 0 spiro atoms. The number of rotatable bonds is 2. The number of hydrogen-bond acceptors (Lipinski definition) is 2. The number of nitrogens with zero attached hydrogens (tertiary/aromatic N) is 2. The Morgan fingerprint density at radius 3 is 2.65 bits per heavy atom. The normalized spacial score (nSPS) is 10.7. The molecule has 1 N–H and O–H groups in total. The fourth-order valence-corrected chi connectivity index (χ4v) is 1.99. The lowest BCUT2D eigenvalue weighted by atomic mass is 10.3. The van der Waals surface area contributed by atoms with Gasteiger partial charge in [0.05, 0.1) is 0 Å². The largest absolute Gasteiger partial charge is 0.321 e. The summed E-state index contributed by atoms with van der Waals surface area (Å²) in [5, 5.41) is 2.68. The fourth-order valence-electron chi connectivity index (χ4n) is 1.99. The first-order chi connectivity index (χ1) is 9.63. The number of aromatic nitrogens is 2. The fraction of sp³-hybridized carbons (Fsp3) is 0.0667. The molecule has 0 fully saturated rings. The lowest BCUT2D eigenvalue weighted by Gasteiger charge is -2.02. The highest BCUT2D eigenvalue weighted by atomic mass is 19.1. The van der Waals surface area contributed by atoms with Crippen LogP contribution in [0.3, 0.4) is 0 Å².